The predicted octanol–water partition coefficient (Wildman–Crippen LogP) is 5.06. The molecule has 0 radical (unpaired) electrons. The first kappa shape index (κ1) is 15.3. The van der Waals surface area contributed by atoms with E-state index in [1.807, 2.05) is 48.5 Å². The lowest BCUT2D eigenvalue weighted by Crippen LogP contribution is -2.10. The molecule has 20 heavy (non-hydrogen) atoms. The third-order valence-corrected chi connectivity index (χ3v) is 4.90. The van der Waals surface area contributed by atoms with Crippen molar-refractivity contribution in [3.8, 4) is 0 Å². The zero-order valence-corrected chi connectivity index (χ0v) is 13.1. The summed E-state index contributed by atoms with van der Waals surface area (Å²) >= 11 is 8.84. The second-order valence-electron chi connectivity index (χ2n) is 4.13. The Morgan fingerprint density at radius 3 is 1.95 bits per heavy atom. The van der Waals surface area contributed by atoms with Crippen LogP contribution in [0.2, 0.25) is 5.02 Å². The van der Waals surface area contributed by atoms with Crippen molar-refractivity contribution < 1.29 is 9.90 Å². The van der Waals surface area contributed by atoms with E-state index in [9.17, 15) is 4.79 Å². The summed E-state index contributed by atoms with van der Waals surface area (Å²) in [6.45, 7) is 1.68. The fourth-order valence-electron chi connectivity index (χ4n) is 1.48. The quantitative estimate of drug-likeness (QED) is 0.780. The zero-order valence-electron chi connectivity index (χ0n) is 10.7. The highest BCUT2D eigenvalue weighted by Crippen LogP contribution is 2.31. The Morgan fingerprint density at radius 1 is 1.00 bits per heavy atom. The molecule has 1 atom stereocenters. The second-order valence-corrected chi connectivity index (χ2v) is 7.12. The van der Waals surface area contributed by atoms with Crippen LogP contribution in [0, 0.1) is 0 Å². The van der Waals surface area contributed by atoms with Gasteiger partial charge >= 0.3 is 5.97 Å². The summed E-state index contributed by atoms with van der Waals surface area (Å²) in [7, 11) is 0. The van der Waals surface area contributed by atoms with Crippen molar-refractivity contribution in [2.45, 2.75) is 26.9 Å². The van der Waals surface area contributed by atoms with Crippen molar-refractivity contribution in [1.29, 1.82) is 0 Å². The molecule has 0 spiro atoms. The fourth-order valence-corrected chi connectivity index (χ4v) is 3.22. The molecule has 0 aliphatic carbocycles. The van der Waals surface area contributed by atoms with E-state index >= 15 is 0 Å². The van der Waals surface area contributed by atoms with Gasteiger partial charge in [-0.05, 0) is 55.5 Å². The van der Waals surface area contributed by atoms with Crippen LogP contribution in [0.4, 0.5) is 0 Å². The number of hydrogen-bond acceptors (Lipinski definition) is 3. The van der Waals surface area contributed by atoms with Gasteiger partial charge < -0.3 is 5.11 Å². The summed E-state index contributed by atoms with van der Waals surface area (Å²) in [5.41, 5.74) is 0. The molecule has 1 unspecified atom stereocenters. The van der Waals surface area contributed by atoms with E-state index in [4.69, 9.17) is 16.7 Å². The standard InChI is InChI=1S/C15H13ClO2S2/c1-10(15(17)18)19-12-6-8-14(9-7-12)20-13-4-2-11(16)3-5-13/h2-10H,1H3,(H,17,18). The number of thioether (sulfide) groups is 1. The summed E-state index contributed by atoms with van der Waals surface area (Å²) in [6.07, 6.45) is 0. The van der Waals surface area contributed by atoms with Crippen molar-refractivity contribution in [3.63, 3.8) is 0 Å². The molecular formula is C15H13ClO2S2. The first-order chi connectivity index (χ1) is 9.54. The first-order valence-electron chi connectivity index (χ1n) is 5.97. The number of aliphatic carboxylic acids is 1. The molecule has 2 aromatic rings. The van der Waals surface area contributed by atoms with Crippen molar-refractivity contribution in [2.75, 3.05) is 0 Å². The Bertz CT molecular complexity index is 582. The van der Waals surface area contributed by atoms with Crippen LogP contribution < -0.4 is 0 Å². The highest BCUT2D eigenvalue weighted by Gasteiger charge is 2.12. The average molecular weight is 325 g/mol. The molecule has 1 N–H and O–H groups in total. The minimum Gasteiger partial charge on any atom is -0.480 e. The summed E-state index contributed by atoms with van der Waals surface area (Å²) in [5, 5.41) is 9.17. The van der Waals surface area contributed by atoms with Gasteiger partial charge in [0.1, 0.15) is 5.25 Å². The SMILES string of the molecule is CC(Sc1ccc(Sc2ccc(Cl)cc2)cc1)C(=O)O. The molecule has 104 valence electrons. The molecule has 5 heteroatoms. The topological polar surface area (TPSA) is 37.3 Å². The largest absolute Gasteiger partial charge is 0.480 e. The summed E-state index contributed by atoms with van der Waals surface area (Å²) in [6, 6.07) is 15.6. The molecule has 0 saturated carbocycles. The van der Waals surface area contributed by atoms with Gasteiger partial charge in [-0.15, -0.1) is 11.8 Å². The van der Waals surface area contributed by atoms with Crippen LogP contribution in [0.3, 0.4) is 0 Å². The molecular weight excluding hydrogens is 312 g/mol. The van der Waals surface area contributed by atoms with Crippen LogP contribution >= 0.6 is 35.1 Å². The maximum Gasteiger partial charge on any atom is 0.316 e. The predicted molar refractivity (Wildman–Crippen MR) is 85.0 cm³/mol. The molecule has 2 aromatic carbocycles. The van der Waals surface area contributed by atoms with Gasteiger partial charge in [-0.1, -0.05) is 23.4 Å². The molecule has 0 saturated heterocycles. The third kappa shape index (κ3) is 4.47. The summed E-state index contributed by atoms with van der Waals surface area (Å²) < 4.78 is 0. The van der Waals surface area contributed by atoms with E-state index in [0.29, 0.717) is 0 Å². The molecule has 2 rings (SSSR count). The first-order valence-corrected chi connectivity index (χ1v) is 8.05. The number of halogens is 1. The maximum absolute atomic E-state index is 10.8. The second kappa shape index (κ2) is 7.07. The van der Waals surface area contributed by atoms with Crippen LogP contribution in [0.25, 0.3) is 0 Å². The van der Waals surface area contributed by atoms with E-state index in [1.165, 1.54) is 11.8 Å². The molecule has 0 heterocycles. The molecule has 0 bridgehead atoms. The zero-order chi connectivity index (χ0) is 14.5. The smallest absolute Gasteiger partial charge is 0.316 e. The third-order valence-electron chi connectivity index (χ3n) is 2.53. The van der Waals surface area contributed by atoms with Crippen LogP contribution in [0.15, 0.2) is 63.2 Å². The van der Waals surface area contributed by atoms with Gasteiger partial charge in [-0.2, -0.15) is 0 Å². The van der Waals surface area contributed by atoms with Crippen LogP contribution in [0.5, 0.6) is 0 Å². The van der Waals surface area contributed by atoms with Gasteiger partial charge in [0.15, 0.2) is 0 Å². The lowest BCUT2D eigenvalue weighted by molar-refractivity contribution is -0.136. The fraction of sp³-hybridized carbons (Fsp3) is 0.133. The molecule has 0 aliphatic rings. The monoisotopic (exact) mass is 324 g/mol. The molecule has 0 fully saturated rings. The number of rotatable bonds is 5. The Hall–Kier alpha value is -1.10. The minimum atomic E-state index is -0.797. The Kier molecular flexibility index (Phi) is 5.40. The van der Waals surface area contributed by atoms with Gasteiger partial charge in [0.2, 0.25) is 0 Å². The Morgan fingerprint density at radius 2 is 1.45 bits per heavy atom. The number of carbonyl (C=O) groups is 1. The van der Waals surface area contributed by atoms with Crippen molar-refractivity contribution in [1.82, 2.24) is 0 Å². The number of carboxylic acid groups (broad SMARTS) is 1. The Labute approximate surface area is 131 Å². The van der Waals surface area contributed by atoms with E-state index in [2.05, 4.69) is 0 Å². The maximum atomic E-state index is 10.8. The molecule has 2 nitrogen and oxygen atoms in total. The van der Waals surface area contributed by atoms with Gasteiger partial charge in [0, 0.05) is 19.7 Å². The van der Waals surface area contributed by atoms with Crippen molar-refractivity contribution in [2.24, 2.45) is 0 Å². The van der Waals surface area contributed by atoms with Gasteiger partial charge in [-0.3, -0.25) is 4.79 Å². The normalized spacial score (nSPS) is 12.1. The van der Waals surface area contributed by atoms with Gasteiger partial charge in [0.05, 0.1) is 0 Å². The highest BCUT2D eigenvalue weighted by atomic mass is 35.5. The van der Waals surface area contributed by atoms with E-state index < -0.39 is 11.2 Å². The van der Waals surface area contributed by atoms with Gasteiger partial charge in [-0.25, -0.2) is 0 Å². The van der Waals surface area contributed by atoms with Crippen LogP contribution in [0.1, 0.15) is 6.92 Å². The number of carboxylic acids is 1. The average Bonchev–Trinajstić information content (AvgIpc) is 2.43. The minimum absolute atomic E-state index is 0.440. The van der Waals surface area contributed by atoms with Crippen molar-refractivity contribution >= 4 is 41.1 Å². The lowest BCUT2D eigenvalue weighted by Gasteiger charge is -2.07. The Balaban J connectivity index is 2.01. The van der Waals surface area contributed by atoms with E-state index in [-0.39, 0.29) is 0 Å². The highest BCUT2D eigenvalue weighted by molar-refractivity contribution is 8.00. The molecule has 0 aromatic heterocycles. The van der Waals surface area contributed by atoms with E-state index in [0.717, 1.165) is 19.7 Å². The van der Waals surface area contributed by atoms with Crippen molar-refractivity contribution in [3.05, 3.63) is 53.6 Å². The van der Waals surface area contributed by atoms with E-state index in [1.54, 1.807) is 18.7 Å². The summed E-state index contributed by atoms with van der Waals surface area (Å²) in [4.78, 5) is 14.0. The molecule has 0 amide bonds. The summed E-state index contributed by atoms with van der Waals surface area (Å²) in [5.74, 6) is -0.797. The number of hydrogen-bond donors (Lipinski definition) is 1. The van der Waals surface area contributed by atoms with Crippen LogP contribution in [-0.2, 0) is 4.79 Å². The number of benzene rings is 2. The van der Waals surface area contributed by atoms with Gasteiger partial charge in [0.25, 0.3) is 0 Å². The lowest BCUT2D eigenvalue weighted by atomic mass is 10.4. The molecule has 0 aliphatic heterocycles. The van der Waals surface area contributed by atoms with Crippen LogP contribution in [-0.4, -0.2) is 16.3 Å².